The summed E-state index contributed by atoms with van der Waals surface area (Å²) in [6, 6.07) is 12.5. The van der Waals surface area contributed by atoms with Gasteiger partial charge in [-0.25, -0.2) is 0 Å². The second-order valence-corrected chi connectivity index (χ2v) is 6.75. The van der Waals surface area contributed by atoms with Crippen LogP contribution in [0.1, 0.15) is 29.0 Å². The first kappa shape index (κ1) is 15.3. The van der Waals surface area contributed by atoms with Gasteiger partial charge in [0.15, 0.2) is 0 Å². The fourth-order valence-electron chi connectivity index (χ4n) is 3.91. The SMILES string of the molecule is O=C([C@@H]1CCc2ccccc21)N1CCN(Cc2cccnc2)CC1. The molecule has 1 fully saturated rings. The maximum atomic E-state index is 12.9. The molecule has 4 heteroatoms. The third-order valence-corrected chi connectivity index (χ3v) is 5.24. The van der Waals surface area contributed by atoms with E-state index >= 15 is 0 Å². The minimum atomic E-state index is 0.0751. The molecule has 1 atom stereocenters. The summed E-state index contributed by atoms with van der Waals surface area (Å²) in [4.78, 5) is 21.6. The normalized spacial score (nSPS) is 20.8. The number of aromatic nitrogens is 1. The molecule has 1 aliphatic carbocycles. The lowest BCUT2D eigenvalue weighted by Crippen LogP contribution is -2.49. The van der Waals surface area contributed by atoms with E-state index in [-0.39, 0.29) is 5.92 Å². The van der Waals surface area contributed by atoms with Gasteiger partial charge in [-0.2, -0.15) is 0 Å². The molecule has 1 amide bonds. The molecule has 0 unspecified atom stereocenters. The summed E-state index contributed by atoms with van der Waals surface area (Å²) in [6.07, 6.45) is 5.73. The number of carbonyl (C=O) groups excluding carboxylic acids is 1. The summed E-state index contributed by atoms with van der Waals surface area (Å²) in [6.45, 7) is 4.46. The number of hydrogen-bond donors (Lipinski definition) is 0. The van der Waals surface area contributed by atoms with Crippen LogP contribution in [0.4, 0.5) is 0 Å². The molecule has 1 aromatic carbocycles. The van der Waals surface area contributed by atoms with E-state index in [0.717, 1.165) is 45.6 Å². The van der Waals surface area contributed by atoms with Crippen molar-refractivity contribution in [3.8, 4) is 0 Å². The summed E-state index contributed by atoms with van der Waals surface area (Å²) in [7, 11) is 0. The van der Waals surface area contributed by atoms with E-state index in [9.17, 15) is 4.79 Å². The lowest BCUT2D eigenvalue weighted by Gasteiger charge is -2.36. The summed E-state index contributed by atoms with van der Waals surface area (Å²) in [5, 5.41) is 0. The Kier molecular flexibility index (Phi) is 4.30. The van der Waals surface area contributed by atoms with Gasteiger partial charge in [0.25, 0.3) is 0 Å². The van der Waals surface area contributed by atoms with Crippen molar-refractivity contribution in [2.45, 2.75) is 25.3 Å². The van der Waals surface area contributed by atoms with Crippen molar-refractivity contribution in [1.29, 1.82) is 0 Å². The van der Waals surface area contributed by atoms with Crippen LogP contribution in [-0.4, -0.2) is 46.9 Å². The van der Waals surface area contributed by atoms with Crippen molar-refractivity contribution < 1.29 is 4.79 Å². The van der Waals surface area contributed by atoms with Gasteiger partial charge in [-0.05, 0) is 35.6 Å². The number of hydrogen-bond acceptors (Lipinski definition) is 3. The van der Waals surface area contributed by atoms with Gasteiger partial charge >= 0.3 is 0 Å². The molecule has 0 bridgehead atoms. The molecular formula is C20H23N3O. The number of aryl methyl sites for hydroxylation is 1. The molecule has 0 spiro atoms. The Bertz CT molecular complexity index is 708. The molecule has 0 radical (unpaired) electrons. The number of nitrogens with zero attached hydrogens (tertiary/aromatic N) is 3. The highest BCUT2D eigenvalue weighted by atomic mass is 16.2. The number of rotatable bonds is 3. The molecule has 0 N–H and O–H groups in total. The molecule has 124 valence electrons. The number of pyridine rings is 1. The first-order valence-corrected chi connectivity index (χ1v) is 8.79. The second-order valence-electron chi connectivity index (χ2n) is 6.75. The number of benzene rings is 1. The Morgan fingerprint density at radius 3 is 2.71 bits per heavy atom. The van der Waals surface area contributed by atoms with Gasteiger partial charge in [0.05, 0.1) is 5.92 Å². The van der Waals surface area contributed by atoms with E-state index in [0.29, 0.717) is 5.91 Å². The highest BCUT2D eigenvalue weighted by Crippen LogP contribution is 2.34. The van der Waals surface area contributed by atoms with E-state index in [4.69, 9.17) is 0 Å². The largest absolute Gasteiger partial charge is 0.340 e. The van der Waals surface area contributed by atoms with E-state index < -0.39 is 0 Å². The zero-order chi connectivity index (χ0) is 16.4. The molecular weight excluding hydrogens is 298 g/mol. The molecule has 2 aromatic rings. The third-order valence-electron chi connectivity index (χ3n) is 5.24. The molecule has 24 heavy (non-hydrogen) atoms. The predicted octanol–water partition coefficient (Wildman–Crippen LogP) is 2.46. The summed E-state index contributed by atoms with van der Waals surface area (Å²) < 4.78 is 0. The van der Waals surface area contributed by atoms with Crippen LogP contribution in [0, 0.1) is 0 Å². The van der Waals surface area contributed by atoms with E-state index in [2.05, 4.69) is 45.1 Å². The van der Waals surface area contributed by atoms with Gasteiger partial charge in [-0.3, -0.25) is 14.7 Å². The van der Waals surface area contributed by atoms with Crippen molar-refractivity contribution in [3.63, 3.8) is 0 Å². The van der Waals surface area contributed by atoms with Crippen LogP contribution in [0.2, 0.25) is 0 Å². The average Bonchev–Trinajstić information content (AvgIpc) is 3.07. The Balaban J connectivity index is 1.35. The first-order chi connectivity index (χ1) is 11.8. The van der Waals surface area contributed by atoms with Crippen molar-refractivity contribution in [3.05, 3.63) is 65.5 Å². The zero-order valence-electron chi connectivity index (χ0n) is 13.9. The van der Waals surface area contributed by atoms with Gasteiger partial charge in [-0.1, -0.05) is 30.3 Å². The Hall–Kier alpha value is -2.20. The molecule has 0 saturated carbocycles. The minimum Gasteiger partial charge on any atom is -0.340 e. The Labute approximate surface area is 143 Å². The minimum absolute atomic E-state index is 0.0751. The van der Waals surface area contributed by atoms with E-state index in [1.807, 2.05) is 12.3 Å². The number of fused-ring (bicyclic) bond motifs is 1. The van der Waals surface area contributed by atoms with Gasteiger partial charge in [0, 0.05) is 45.1 Å². The standard InChI is InChI=1S/C20H23N3O/c24-20(19-8-7-17-5-1-2-6-18(17)19)23-12-10-22(11-13-23)15-16-4-3-9-21-14-16/h1-6,9,14,19H,7-8,10-13,15H2/t19-/m1/s1. The van der Waals surface area contributed by atoms with E-state index in [1.165, 1.54) is 16.7 Å². The highest BCUT2D eigenvalue weighted by molar-refractivity contribution is 5.85. The summed E-state index contributed by atoms with van der Waals surface area (Å²) in [5.74, 6) is 0.395. The van der Waals surface area contributed by atoms with Crippen LogP contribution in [-0.2, 0) is 17.8 Å². The quantitative estimate of drug-likeness (QED) is 0.871. The van der Waals surface area contributed by atoms with Crippen LogP contribution < -0.4 is 0 Å². The van der Waals surface area contributed by atoms with Gasteiger partial charge in [0.1, 0.15) is 0 Å². The fourth-order valence-corrected chi connectivity index (χ4v) is 3.91. The third kappa shape index (κ3) is 3.06. The van der Waals surface area contributed by atoms with Gasteiger partial charge in [-0.15, -0.1) is 0 Å². The summed E-state index contributed by atoms with van der Waals surface area (Å²) in [5.41, 5.74) is 3.84. The number of carbonyl (C=O) groups is 1. The number of amides is 1. The van der Waals surface area contributed by atoms with Crippen molar-refractivity contribution in [2.75, 3.05) is 26.2 Å². The summed E-state index contributed by atoms with van der Waals surface area (Å²) >= 11 is 0. The second kappa shape index (κ2) is 6.73. The molecule has 1 aliphatic heterocycles. The average molecular weight is 321 g/mol. The predicted molar refractivity (Wildman–Crippen MR) is 93.6 cm³/mol. The molecule has 2 heterocycles. The highest BCUT2D eigenvalue weighted by Gasteiger charge is 2.32. The van der Waals surface area contributed by atoms with Crippen molar-refractivity contribution >= 4 is 5.91 Å². The molecule has 1 saturated heterocycles. The lowest BCUT2D eigenvalue weighted by molar-refractivity contribution is -0.134. The van der Waals surface area contributed by atoms with Crippen LogP contribution in [0.5, 0.6) is 0 Å². The fraction of sp³-hybridized carbons (Fsp3) is 0.400. The number of piperazine rings is 1. The Morgan fingerprint density at radius 1 is 1.08 bits per heavy atom. The van der Waals surface area contributed by atoms with Gasteiger partial charge in [0.2, 0.25) is 5.91 Å². The maximum Gasteiger partial charge on any atom is 0.230 e. The lowest BCUT2D eigenvalue weighted by atomic mass is 9.99. The zero-order valence-corrected chi connectivity index (χ0v) is 13.9. The van der Waals surface area contributed by atoms with E-state index in [1.54, 1.807) is 6.20 Å². The van der Waals surface area contributed by atoms with Crippen LogP contribution >= 0.6 is 0 Å². The van der Waals surface area contributed by atoms with Crippen LogP contribution in [0.15, 0.2) is 48.8 Å². The monoisotopic (exact) mass is 321 g/mol. The molecule has 1 aromatic heterocycles. The van der Waals surface area contributed by atoms with Gasteiger partial charge < -0.3 is 4.90 Å². The maximum absolute atomic E-state index is 12.9. The van der Waals surface area contributed by atoms with Crippen LogP contribution in [0.25, 0.3) is 0 Å². The Morgan fingerprint density at radius 2 is 1.92 bits per heavy atom. The smallest absolute Gasteiger partial charge is 0.230 e. The molecule has 2 aliphatic rings. The van der Waals surface area contributed by atoms with Crippen LogP contribution in [0.3, 0.4) is 0 Å². The molecule has 4 nitrogen and oxygen atoms in total. The molecule has 4 rings (SSSR count). The topological polar surface area (TPSA) is 36.4 Å². The first-order valence-electron chi connectivity index (χ1n) is 8.79. The van der Waals surface area contributed by atoms with Crippen molar-refractivity contribution in [1.82, 2.24) is 14.8 Å². The van der Waals surface area contributed by atoms with Crippen molar-refractivity contribution in [2.24, 2.45) is 0 Å².